The number of pyridine rings is 1. The van der Waals surface area contributed by atoms with Crippen molar-refractivity contribution in [2.24, 2.45) is 0 Å². The number of aromatic nitrogens is 3. The standard InChI is InChI=1S/C33H30FN5O2S/c1-3-4-29(40)38-18-25(19-38)39-17-23(16-36-39)32-30(26-8-7-24(34)14-28(26)41-2)33-27(10-12-42-33)31(37-32)21-5-6-22-15-35-11-9-20(22)13-21/h3-8,10,12-14,16-17,25,35H,9,11,15,18-19H2,1-2H3/b4-3+. The van der Waals surface area contributed by atoms with Gasteiger partial charge in [-0.25, -0.2) is 9.37 Å². The van der Waals surface area contributed by atoms with Crippen LogP contribution < -0.4 is 10.1 Å². The van der Waals surface area contributed by atoms with Crippen molar-refractivity contribution in [3.05, 3.63) is 89.3 Å². The summed E-state index contributed by atoms with van der Waals surface area (Å²) in [4.78, 5) is 19.4. The van der Waals surface area contributed by atoms with E-state index in [4.69, 9.17) is 14.8 Å². The second-order valence-corrected chi connectivity index (χ2v) is 11.6. The van der Waals surface area contributed by atoms with Crippen LogP contribution in [0.2, 0.25) is 0 Å². The van der Waals surface area contributed by atoms with E-state index in [0.717, 1.165) is 63.2 Å². The highest BCUT2D eigenvalue weighted by Crippen LogP contribution is 2.46. The molecule has 0 radical (unpaired) electrons. The molecule has 2 aromatic carbocycles. The van der Waals surface area contributed by atoms with E-state index >= 15 is 0 Å². The normalized spacial score (nSPS) is 15.3. The predicted molar refractivity (Wildman–Crippen MR) is 164 cm³/mol. The fourth-order valence-corrected chi connectivity index (χ4v) is 6.87. The molecule has 1 saturated heterocycles. The van der Waals surface area contributed by atoms with Gasteiger partial charge >= 0.3 is 0 Å². The first kappa shape index (κ1) is 26.6. The number of rotatable bonds is 6. The SMILES string of the molecule is C/C=C/C(=O)N1CC(n2cc(-c3nc(-c4ccc5c(c4)CCNC5)c4ccsc4c3-c3ccc(F)cc3OC)cn2)C1. The van der Waals surface area contributed by atoms with Gasteiger partial charge in [0.15, 0.2) is 0 Å². The fourth-order valence-electron chi connectivity index (χ4n) is 5.91. The maximum atomic E-state index is 14.3. The van der Waals surface area contributed by atoms with Crippen molar-refractivity contribution >= 4 is 27.3 Å². The molecule has 0 atom stereocenters. The van der Waals surface area contributed by atoms with Gasteiger partial charge in [-0.05, 0) is 66.7 Å². The number of likely N-dealkylation sites (tertiary alicyclic amines) is 1. The molecule has 2 aliphatic rings. The zero-order valence-electron chi connectivity index (χ0n) is 23.4. The average molecular weight is 580 g/mol. The minimum atomic E-state index is -0.359. The highest BCUT2D eigenvalue weighted by atomic mass is 32.1. The molecule has 0 unspecified atom stereocenters. The quantitative estimate of drug-likeness (QED) is 0.241. The van der Waals surface area contributed by atoms with Crippen LogP contribution in [-0.4, -0.2) is 52.3 Å². The lowest BCUT2D eigenvalue weighted by molar-refractivity contribution is -0.131. The number of nitrogens with zero attached hydrogens (tertiary/aromatic N) is 4. The van der Waals surface area contributed by atoms with E-state index in [1.54, 1.807) is 41.6 Å². The number of benzene rings is 2. The van der Waals surface area contributed by atoms with Gasteiger partial charge in [-0.3, -0.25) is 9.48 Å². The number of carbonyl (C=O) groups is 1. The van der Waals surface area contributed by atoms with Crippen LogP contribution in [0.5, 0.6) is 5.75 Å². The number of thiophene rings is 1. The summed E-state index contributed by atoms with van der Waals surface area (Å²) in [5, 5.41) is 11.3. The van der Waals surface area contributed by atoms with Crippen molar-refractivity contribution in [2.75, 3.05) is 26.7 Å². The van der Waals surface area contributed by atoms with Gasteiger partial charge in [-0.1, -0.05) is 18.2 Å². The third-order valence-corrected chi connectivity index (χ3v) is 9.07. The second-order valence-electron chi connectivity index (χ2n) is 10.7. The molecule has 0 aliphatic carbocycles. The van der Waals surface area contributed by atoms with Crippen LogP contribution in [0, 0.1) is 5.82 Å². The molecular weight excluding hydrogens is 549 g/mol. The van der Waals surface area contributed by atoms with E-state index in [9.17, 15) is 9.18 Å². The molecule has 2 aliphatic heterocycles. The number of methoxy groups -OCH3 is 1. The number of ether oxygens (including phenoxy) is 1. The maximum absolute atomic E-state index is 14.3. The van der Waals surface area contributed by atoms with Gasteiger partial charge in [0.1, 0.15) is 11.6 Å². The Morgan fingerprint density at radius 1 is 1.12 bits per heavy atom. The van der Waals surface area contributed by atoms with Crippen molar-refractivity contribution < 1.29 is 13.9 Å². The van der Waals surface area contributed by atoms with Crippen LogP contribution >= 0.6 is 11.3 Å². The Kier molecular flexibility index (Phi) is 6.84. The van der Waals surface area contributed by atoms with E-state index in [-0.39, 0.29) is 17.8 Å². The summed E-state index contributed by atoms with van der Waals surface area (Å²) in [7, 11) is 1.56. The minimum Gasteiger partial charge on any atom is -0.496 e. The summed E-state index contributed by atoms with van der Waals surface area (Å²) < 4.78 is 22.9. The topological polar surface area (TPSA) is 72.3 Å². The summed E-state index contributed by atoms with van der Waals surface area (Å²) in [6.45, 7) is 4.90. The molecule has 9 heteroatoms. The molecule has 7 nitrogen and oxygen atoms in total. The molecule has 42 heavy (non-hydrogen) atoms. The zero-order valence-corrected chi connectivity index (χ0v) is 24.2. The number of amides is 1. The molecule has 0 spiro atoms. The van der Waals surface area contributed by atoms with E-state index in [1.165, 1.54) is 23.3 Å². The fraction of sp³-hybridized carbons (Fsp3) is 0.242. The van der Waals surface area contributed by atoms with Crippen LogP contribution in [-0.2, 0) is 17.8 Å². The van der Waals surface area contributed by atoms with Gasteiger partial charge in [0.05, 0.1) is 30.7 Å². The zero-order chi connectivity index (χ0) is 28.8. The lowest BCUT2D eigenvalue weighted by Gasteiger charge is -2.38. The minimum absolute atomic E-state index is 0.0158. The highest BCUT2D eigenvalue weighted by Gasteiger charge is 2.32. The summed E-state index contributed by atoms with van der Waals surface area (Å²) in [5.41, 5.74) is 7.93. The van der Waals surface area contributed by atoms with Gasteiger partial charge < -0.3 is 15.0 Å². The Balaban J connectivity index is 1.38. The largest absolute Gasteiger partial charge is 0.496 e. The lowest BCUT2D eigenvalue weighted by atomic mass is 9.93. The van der Waals surface area contributed by atoms with Crippen LogP contribution in [0.3, 0.4) is 0 Å². The molecule has 0 saturated carbocycles. The smallest absolute Gasteiger partial charge is 0.246 e. The maximum Gasteiger partial charge on any atom is 0.246 e. The van der Waals surface area contributed by atoms with Crippen LogP contribution in [0.1, 0.15) is 24.1 Å². The average Bonchev–Trinajstić information content (AvgIpc) is 3.66. The molecular formula is C33H30FN5O2S. The molecule has 7 rings (SSSR count). The number of fused-ring (bicyclic) bond motifs is 2. The monoisotopic (exact) mass is 579 g/mol. The number of allylic oxidation sites excluding steroid dienone is 1. The van der Waals surface area contributed by atoms with Crippen molar-refractivity contribution in [1.29, 1.82) is 0 Å². The lowest BCUT2D eigenvalue weighted by Crippen LogP contribution is -2.50. The van der Waals surface area contributed by atoms with Crippen LogP contribution in [0.15, 0.2) is 72.4 Å². The third-order valence-electron chi connectivity index (χ3n) is 8.14. The van der Waals surface area contributed by atoms with E-state index in [2.05, 4.69) is 35.0 Å². The summed E-state index contributed by atoms with van der Waals surface area (Å²) in [6.07, 6.45) is 8.17. The summed E-state index contributed by atoms with van der Waals surface area (Å²) in [6, 6.07) is 13.5. The Morgan fingerprint density at radius 2 is 2.00 bits per heavy atom. The van der Waals surface area contributed by atoms with E-state index in [1.807, 2.05) is 24.0 Å². The number of halogens is 1. The van der Waals surface area contributed by atoms with Gasteiger partial charge in [0.2, 0.25) is 5.91 Å². The van der Waals surface area contributed by atoms with Gasteiger partial charge in [-0.2, -0.15) is 5.10 Å². The molecule has 1 fully saturated rings. The van der Waals surface area contributed by atoms with Gasteiger partial charge in [0.25, 0.3) is 0 Å². The number of hydrogen-bond acceptors (Lipinski definition) is 6. The third kappa shape index (κ3) is 4.59. The Bertz CT molecular complexity index is 1850. The number of carbonyl (C=O) groups excluding carboxylic acids is 1. The Labute approximate surface area is 247 Å². The van der Waals surface area contributed by atoms with E-state index < -0.39 is 0 Å². The molecule has 1 N–H and O–H groups in total. The van der Waals surface area contributed by atoms with E-state index in [0.29, 0.717) is 18.8 Å². The van der Waals surface area contributed by atoms with Crippen LogP contribution in [0.4, 0.5) is 4.39 Å². The van der Waals surface area contributed by atoms with Crippen molar-refractivity contribution in [1.82, 2.24) is 25.0 Å². The van der Waals surface area contributed by atoms with Crippen LogP contribution in [0.25, 0.3) is 43.7 Å². The Morgan fingerprint density at radius 3 is 2.83 bits per heavy atom. The molecule has 212 valence electrons. The Hall–Kier alpha value is -4.34. The molecule has 5 heterocycles. The van der Waals surface area contributed by atoms with Crippen molar-refractivity contribution in [2.45, 2.75) is 25.9 Å². The number of hydrogen-bond donors (Lipinski definition) is 1. The predicted octanol–water partition coefficient (Wildman–Crippen LogP) is 6.25. The highest BCUT2D eigenvalue weighted by molar-refractivity contribution is 7.18. The summed E-state index contributed by atoms with van der Waals surface area (Å²) in [5.74, 6) is 0.107. The molecule has 3 aromatic heterocycles. The first-order valence-electron chi connectivity index (χ1n) is 14.1. The molecule has 1 amide bonds. The second kappa shape index (κ2) is 10.8. The van der Waals surface area contributed by atoms with Crippen molar-refractivity contribution in [3.8, 4) is 39.4 Å². The first-order chi connectivity index (χ1) is 20.5. The van der Waals surface area contributed by atoms with Gasteiger partial charge in [-0.15, -0.1) is 11.3 Å². The number of nitrogens with one attached hydrogen (secondary N) is 1. The molecule has 5 aromatic rings. The first-order valence-corrected chi connectivity index (χ1v) is 15.0. The molecule has 0 bridgehead atoms. The van der Waals surface area contributed by atoms with Crippen molar-refractivity contribution in [3.63, 3.8) is 0 Å². The van der Waals surface area contributed by atoms with Gasteiger partial charge in [0, 0.05) is 64.2 Å². The summed E-state index contributed by atoms with van der Waals surface area (Å²) >= 11 is 1.64.